The van der Waals surface area contributed by atoms with Crippen molar-refractivity contribution in [2.75, 3.05) is 13.1 Å². The molecule has 0 saturated heterocycles. The van der Waals surface area contributed by atoms with Gasteiger partial charge in [0.25, 0.3) is 5.91 Å². The molecular formula is C13H17BrN2O2. The van der Waals surface area contributed by atoms with Crippen LogP contribution >= 0.6 is 15.9 Å². The summed E-state index contributed by atoms with van der Waals surface area (Å²) >= 11 is 3.34. The van der Waals surface area contributed by atoms with Gasteiger partial charge in [-0.2, -0.15) is 0 Å². The molecule has 0 spiro atoms. The summed E-state index contributed by atoms with van der Waals surface area (Å²) < 4.78 is 0.731. The summed E-state index contributed by atoms with van der Waals surface area (Å²) in [5, 5.41) is 5.28. The molecule has 0 heterocycles. The zero-order chi connectivity index (χ0) is 13.5. The number of carbonyl (C=O) groups excluding carboxylic acids is 2. The van der Waals surface area contributed by atoms with Gasteiger partial charge in [-0.3, -0.25) is 9.59 Å². The zero-order valence-corrected chi connectivity index (χ0v) is 12.1. The van der Waals surface area contributed by atoms with Crippen LogP contribution in [0, 0.1) is 6.92 Å². The highest BCUT2D eigenvalue weighted by atomic mass is 79.9. The molecule has 0 unspecified atom stereocenters. The molecule has 0 fully saturated rings. The summed E-state index contributed by atoms with van der Waals surface area (Å²) in [6.45, 7) is 4.55. The molecule has 0 bridgehead atoms. The van der Waals surface area contributed by atoms with Crippen molar-refractivity contribution in [3.63, 3.8) is 0 Å². The fourth-order valence-corrected chi connectivity index (χ4v) is 2.06. The lowest BCUT2D eigenvalue weighted by atomic mass is 10.1. The molecule has 1 aromatic rings. The van der Waals surface area contributed by atoms with E-state index in [9.17, 15) is 9.59 Å². The minimum absolute atomic E-state index is 0.000843. The maximum absolute atomic E-state index is 11.8. The average molecular weight is 313 g/mol. The molecular weight excluding hydrogens is 296 g/mol. The second-order valence-electron chi connectivity index (χ2n) is 4.02. The summed E-state index contributed by atoms with van der Waals surface area (Å²) in [6.07, 6.45) is 0.878. The van der Waals surface area contributed by atoms with E-state index in [1.54, 1.807) is 6.07 Å². The van der Waals surface area contributed by atoms with Gasteiger partial charge in [-0.25, -0.2) is 0 Å². The molecule has 98 valence electrons. The van der Waals surface area contributed by atoms with Gasteiger partial charge in [-0.1, -0.05) is 13.0 Å². The third-order valence-corrected chi connectivity index (χ3v) is 3.01. The van der Waals surface area contributed by atoms with E-state index in [-0.39, 0.29) is 18.4 Å². The molecule has 0 aromatic heterocycles. The van der Waals surface area contributed by atoms with Crippen LogP contribution in [-0.4, -0.2) is 24.9 Å². The van der Waals surface area contributed by atoms with Crippen LogP contribution in [0.2, 0.25) is 0 Å². The highest BCUT2D eigenvalue weighted by molar-refractivity contribution is 9.10. The molecule has 18 heavy (non-hydrogen) atoms. The molecule has 1 rings (SSSR count). The number of hydrogen-bond acceptors (Lipinski definition) is 2. The fraction of sp³-hybridized carbons (Fsp3) is 0.385. The Morgan fingerprint density at radius 3 is 2.61 bits per heavy atom. The predicted molar refractivity (Wildman–Crippen MR) is 74.5 cm³/mol. The summed E-state index contributed by atoms with van der Waals surface area (Å²) in [5.74, 6) is -0.429. The summed E-state index contributed by atoms with van der Waals surface area (Å²) in [5.41, 5.74) is 1.60. The highest BCUT2D eigenvalue weighted by Crippen LogP contribution is 2.17. The molecule has 2 N–H and O–H groups in total. The summed E-state index contributed by atoms with van der Waals surface area (Å²) in [7, 11) is 0. The van der Waals surface area contributed by atoms with Crippen molar-refractivity contribution in [2.24, 2.45) is 0 Å². The molecule has 0 aliphatic heterocycles. The van der Waals surface area contributed by atoms with Gasteiger partial charge in [-0.05, 0) is 47.0 Å². The van der Waals surface area contributed by atoms with E-state index in [1.807, 2.05) is 26.0 Å². The Labute approximate surface area is 115 Å². The van der Waals surface area contributed by atoms with Crippen LogP contribution in [0.5, 0.6) is 0 Å². The maximum Gasteiger partial charge on any atom is 0.252 e. The number of aryl methyl sites for hydroxylation is 1. The molecule has 0 saturated carbocycles. The second kappa shape index (κ2) is 7.16. The van der Waals surface area contributed by atoms with Gasteiger partial charge in [0.1, 0.15) is 0 Å². The van der Waals surface area contributed by atoms with Gasteiger partial charge < -0.3 is 10.6 Å². The number of halogens is 1. The normalized spacial score (nSPS) is 9.94. The van der Waals surface area contributed by atoms with Gasteiger partial charge in [0.15, 0.2) is 0 Å². The van der Waals surface area contributed by atoms with Gasteiger partial charge >= 0.3 is 0 Å². The van der Waals surface area contributed by atoms with E-state index in [1.165, 1.54) is 0 Å². The molecule has 0 aliphatic carbocycles. The number of benzene rings is 1. The lowest BCUT2D eigenvalue weighted by Gasteiger charge is -2.07. The van der Waals surface area contributed by atoms with Crippen LogP contribution in [0.3, 0.4) is 0 Å². The lowest BCUT2D eigenvalue weighted by Crippen LogP contribution is -2.37. The maximum atomic E-state index is 11.8. The van der Waals surface area contributed by atoms with Crippen molar-refractivity contribution in [3.05, 3.63) is 33.8 Å². The Morgan fingerprint density at radius 1 is 1.28 bits per heavy atom. The first-order valence-electron chi connectivity index (χ1n) is 5.85. The van der Waals surface area contributed by atoms with E-state index in [0.29, 0.717) is 12.1 Å². The van der Waals surface area contributed by atoms with E-state index in [2.05, 4.69) is 26.6 Å². The van der Waals surface area contributed by atoms with Gasteiger partial charge in [0.05, 0.1) is 12.1 Å². The first kappa shape index (κ1) is 14.7. The van der Waals surface area contributed by atoms with Crippen LogP contribution in [0.4, 0.5) is 0 Å². The predicted octanol–water partition coefficient (Wildman–Crippen LogP) is 2.01. The largest absolute Gasteiger partial charge is 0.355 e. The number of rotatable bonds is 5. The number of carbonyl (C=O) groups is 2. The number of hydrogen-bond donors (Lipinski definition) is 2. The smallest absolute Gasteiger partial charge is 0.252 e. The van der Waals surface area contributed by atoms with Crippen LogP contribution < -0.4 is 10.6 Å². The zero-order valence-electron chi connectivity index (χ0n) is 10.5. The Kier molecular flexibility index (Phi) is 5.85. The van der Waals surface area contributed by atoms with Gasteiger partial charge in [0, 0.05) is 11.0 Å². The summed E-state index contributed by atoms with van der Waals surface area (Å²) in [6, 6.07) is 5.46. The second-order valence-corrected chi connectivity index (χ2v) is 4.87. The molecule has 0 radical (unpaired) electrons. The average Bonchev–Trinajstić information content (AvgIpc) is 2.33. The first-order chi connectivity index (χ1) is 8.54. The Morgan fingerprint density at radius 2 is 2.00 bits per heavy atom. The van der Waals surface area contributed by atoms with Crippen molar-refractivity contribution < 1.29 is 9.59 Å². The van der Waals surface area contributed by atoms with Gasteiger partial charge in [0.2, 0.25) is 5.91 Å². The quantitative estimate of drug-likeness (QED) is 0.874. The Hall–Kier alpha value is -1.36. The lowest BCUT2D eigenvalue weighted by molar-refractivity contribution is -0.120. The third-order valence-electron chi connectivity index (χ3n) is 2.35. The molecule has 1 aromatic carbocycles. The Bertz CT molecular complexity index is 447. The van der Waals surface area contributed by atoms with Crippen molar-refractivity contribution in [1.29, 1.82) is 0 Å². The Balaban J connectivity index is 2.53. The minimum Gasteiger partial charge on any atom is -0.355 e. The highest BCUT2D eigenvalue weighted by Gasteiger charge is 2.10. The standard InChI is InChI=1S/C13H17BrN2O2/c1-3-6-15-12(17)8-16-13(18)10-5-4-9(2)7-11(10)14/h4-5,7H,3,6,8H2,1-2H3,(H,15,17)(H,16,18). The van der Waals surface area contributed by atoms with Crippen molar-refractivity contribution in [2.45, 2.75) is 20.3 Å². The topological polar surface area (TPSA) is 58.2 Å². The minimum atomic E-state index is -0.256. The fourth-order valence-electron chi connectivity index (χ4n) is 1.39. The van der Waals surface area contributed by atoms with E-state index >= 15 is 0 Å². The monoisotopic (exact) mass is 312 g/mol. The SMILES string of the molecule is CCCNC(=O)CNC(=O)c1ccc(C)cc1Br. The third kappa shape index (κ3) is 4.49. The van der Waals surface area contributed by atoms with Crippen LogP contribution in [0.25, 0.3) is 0 Å². The van der Waals surface area contributed by atoms with E-state index < -0.39 is 0 Å². The van der Waals surface area contributed by atoms with Crippen LogP contribution in [-0.2, 0) is 4.79 Å². The number of amides is 2. The molecule has 2 amide bonds. The van der Waals surface area contributed by atoms with Crippen molar-refractivity contribution in [1.82, 2.24) is 10.6 Å². The molecule has 4 nitrogen and oxygen atoms in total. The summed E-state index contributed by atoms with van der Waals surface area (Å²) in [4.78, 5) is 23.2. The first-order valence-corrected chi connectivity index (χ1v) is 6.65. The van der Waals surface area contributed by atoms with E-state index in [4.69, 9.17) is 0 Å². The van der Waals surface area contributed by atoms with E-state index in [0.717, 1.165) is 16.5 Å². The van der Waals surface area contributed by atoms with Crippen molar-refractivity contribution >= 4 is 27.7 Å². The van der Waals surface area contributed by atoms with Crippen LogP contribution in [0.15, 0.2) is 22.7 Å². The van der Waals surface area contributed by atoms with Gasteiger partial charge in [-0.15, -0.1) is 0 Å². The molecule has 5 heteroatoms. The molecule has 0 aliphatic rings. The van der Waals surface area contributed by atoms with Crippen LogP contribution in [0.1, 0.15) is 29.3 Å². The molecule has 0 atom stereocenters. The van der Waals surface area contributed by atoms with Crippen molar-refractivity contribution in [3.8, 4) is 0 Å². The number of nitrogens with one attached hydrogen (secondary N) is 2.